The van der Waals surface area contributed by atoms with Crippen LogP contribution in [0.25, 0.3) is 0 Å². The molecular weight excluding hydrogens is 642 g/mol. The fourth-order valence-electron chi connectivity index (χ4n) is 4.81. The van der Waals surface area contributed by atoms with E-state index in [2.05, 4.69) is 0 Å². The monoisotopic (exact) mass is 670 g/mol. The first-order valence-corrected chi connectivity index (χ1v) is 15.0. The highest BCUT2D eigenvalue weighted by Crippen LogP contribution is 2.40. The van der Waals surface area contributed by atoms with Gasteiger partial charge in [-0.3, -0.25) is 0 Å². The molecule has 0 saturated heterocycles. The molecule has 4 aromatic carbocycles. The summed E-state index contributed by atoms with van der Waals surface area (Å²) in [4.78, 5) is 26.4. The average Bonchev–Trinajstić information content (AvgIpc) is 3.02. The summed E-state index contributed by atoms with van der Waals surface area (Å²) in [6.07, 6.45) is 1.97. The Balaban J connectivity index is 1.59. The molecule has 0 bridgehead atoms. The van der Waals surface area contributed by atoms with Gasteiger partial charge in [0.15, 0.2) is 11.2 Å². The summed E-state index contributed by atoms with van der Waals surface area (Å²) in [5.41, 5.74) is 13.1. The van der Waals surface area contributed by atoms with Gasteiger partial charge in [-0.1, -0.05) is 119 Å². The maximum atomic E-state index is 13.2. The molecule has 0 heterocycles. The number of carbonyl (C=O) groups excluding carboxylic acids is 2. The van der Waals surface area contributed by atoms with Crippen molar-refractivity contribution in [2.45, 2.75) is 37.1 Å². The van der Waals surface area contributed by atoms with Crippen molar-refractivity contribution in [1.82, 2.24) is 0 Å². The van der Waals surface area contributed by atoms with Crippen molar-refractivity contribution >= 4 is 58.3 Å². The van der Waals surface area contributed by atoms with Gasteiger partial charge in [0.2, 0.25) is 0 Å². The fraction of sp³-hybridized carbons (Fsp3) is 0.176. The van der Waals surface area contributed by atoms with Crippen molar-refractivity contribution in [3.63, 3.8) is 0 Å². The van der Waals surface area contributed by atoms with Crippen molar-refractivity contribution in [2.75, 3.05) is 0 Å². The van der Waals surface area contributed by atoms with Crippen LogP contribution in [0.2, 0.25) is 20.1 Å². The quantitative estimate of drug-likeness (QED) is 0.129. The molecule has 4 N–H and O–H groups in total. The van der Waals surface area contributed by atoms with Gasteiger partial charge in [-0.15, -0.1) is 0 Å². The van der Waals surface area contributed by atoms with Crippen LogP contribution in [0.4, 0.5) is 0 Å². The standard InChI is InChI=1S/C34H30Cl4N2O4/c1-33(23-9-5-3-6-10-23,31(39)21-13-15-25(35)27(37)19-21)43-29(41)17-18-30(42)44-34(2,24-11-7-4-8-12-24)32(40)22-14-16-26(36)28(38)20-22/h3-20,31-32H,39-40H2,1-2H3/b18-17-. The summed E-state index contributed by atoms with van der Waals surface area (Å²) in [6, 6.07) is 26.3. The Morgan fingerprint density at radius 3 is 1.25 bits per heavy atom. The van der Waals surface area contributed by atoms with E-state index in [-0.39, 0.29) is 0 Å². The molecule has 0 radical (unpaired) electrons. The second-order valence-electron chi connectivity index (χ2n) is 10.4. The van der Waals surface area contributed by atoms with E-state index in [1.807, 2.05) is 12.1 Å². The van der Waals surface area contributed by atoms with E-state index in [9.17, 15) is 9.59 Å². The van der Waals surface area contributed by atoms with Gasteiger partial charge in [0.05, 0.1) is 32.2 Å². The van der Waals surface area contributed by atoms with Crippen molar-refractivity contribution in [3.05, 3.63) is 152 Å². The van der Waals surface area contributed by atoms with Crippen molar-refractivity contribution < 1.29 is 19.1 Å². The zero-order valence-corrected chi connectivity index (χ0v) is 26.9. The minimum Gasteiger partial charge on any atom is -0.449 e. The molecule has 0 aliphatic heterocycles. The van der Waals surface area contributed by atoms with E-state index in [4.69, 9.17) is 67.3 Å². The lowest BCUT2D eigenvalue weighted by Gasteiger charge is -2.36. The number of nitrogens with two attached hydrogens (primary N) is 2. The van der Waals surface area contributed by atoms with Crippen LogP contribution in [0, 0.1) is 0 Å². The molecule has 6 nitrogen and oxygen atoms in total. The molecule has 0 aliphatic rings. The number of hydrogen-bond donors (Lipinski definition) is 2. The third-order valence-electron chi connectivity index (χ3n) is 7.47. The molecule has 0 saturated carbocycles. The highest BCUT2D eigenvalue weighted by atomic mass is 35.5. The lowest BCUT2D eigenvalue weighted by molar-refractivity contribution is -0.158. The number of hydrogen-bond acceptors (Lipinski definition) is 6. The van der Waals surface area contributed by atoms with E-state index in [1.54, 1.807) is 98.8 Å². The van der Waals surface area contributed by atoms with Crippen LogP contribution in [0.1, 0.15) is 48.2 Å². The summed E-state index contributed by atoms with van der Waals surface area (Å²) < 4.78 is 11.9. The van der Waals surface area contributed by atoms with E-state index < -0.39 is 35.2 Å². The Hall–Kier alpha value is -3.36. The Labute approximate surface area is 276 Å². The number of benzene rings is 4. The number of halogens is 4. The van der Waals surface area contributed by atoms with E-state index in [0.29, 0.717) is 42.3 Å². The van der Waals surface area contributed by atoms with Gasteiger partial charge in [0.1, 0.15) is 0 Å². The third kappa shape index (κ3) is 7.46. The Morgan fingerprint density at radius 1 is 0.591 bits per heavy atom. The molecule has 44 heavy (non-hydrogen) atoms. The topological polar surface area (TPSA) is 105 Å². The highest BCUT2D eigenvalue weighted by Gasteiger charge is 2.40. The summed E-state index contributed by atoms with van der Waals surface area (Å²) in [7, 11) is 0. The molecular formula is C34H30Cl4N2O4. The smallest absolute Gasteiger partial charge is 0.331 e. The SMILES string of the molecule is CC(OC(=O)/C=C\C(=O)OC(C)(c1ccccc1)C(N)c1ccc(Cl)c(Cl)c1)(c1ccccc1)C(N)c1ccc(Cl)c(Cl)c1. The average molecular weight is 672 g/mol. The molecule has 4 aromatic rings. The zero-order chi connectivity index (χ0) is 32.1. The first-order chi connectivity index (χ1) is 20.8. The number of carbonyl (C=O) groups is 2. The second kappa shape index (κ2) is 14.2. The number of esters is 2. The van der Waals surface area contributed by atoms with Crippen LogP contribution in [0.15, 0.2) is 109 Å². The predicted molar refractivity (Wildman–Crippen MR) is 176 cm³/mol. The minimum atomic E-state index is -1.35. The summed E-state index contributed by atoms with van der Waals surface area (Å²) in [6.45, 7) is 3.37. The van der Waals surface area contributed by atoms with Gasteiger partial charge in [-0.05, 0) is 60.4 Å². The molecule has 10 heteroatoms. The predicted octanol–water partition coefficient (Wildman–Crippen LogP) is 8.47. The first-order valence-electron chi connectivity index (χ1n) is 13.5. The number of ether oxygens (including phenoxy) is 2. The van der Waals surface area contributed by atoms with Gasteiger partial charge in [-0.25, -0.2) is 9.59 Å². The van der Waals surface area contributed by atoms with Crippen molar-refractivity contribution in [2.24, 2.45) is 11.5 Å². The fourth-order valence-corrected chi connectivity index (χ4v) is 5.42. The van der Waals surface area contributed by atoms with E-state index >= 15 is 0 Å². The molecule has 0 spiro atoms. The molecule has 0 aliphatic carbocycles. The van der Waals surface area contributed by atoms with Gasteiger partial charge < -0.3 is 20.9 Å². The van der Waals surface area contributed by atoms with Crippen LogP contribution in [0.5, 0.6) is 0 Å². The van der Waals surface area contributed by atoms with Crippen molar-refractivity contribution in [3.8, 4) is 0 Å². The Kier molecular flexibility index (Phi) is 10.8. The Bertz CT molecular complexity index is 1550. The van der Waals surface area contributed by atoms with Crippen LogP contribution in [-0.4, -0.2) is 11.9 Å². The normalized spacial score (nSPS) is 15.5. The summed E-state index contributed by atoms with van der Waals surface area (Å²) in [5.74, 6) is -1.64. The van der Waals surface area contributed by atoms with Gasteiger partial charge >= 0.3 is 11.9 Å². The second-order valence-corrected chi connectivity index (χ2v) is 12.1. The molecule has 4 atom stereocenters. The molecule has 0 fully saturated rings. The van der Waals surface area contributed by atoms with Crippen LogP contribution in [-0.2, 0) is 30.3 Å². The van der Waals surface area contributed by atoms with Crippen LogP contribution >= 0.6 is 46.4 Å². The summed E-state index contributed by atoms with van der Waals surface area (Å²) >= 11 is 24.7. The molecule has 228 valence electrons. The number of rotatable bonds is 10. The first kappa shape index (κ1) is 33.5. The van der Waals surface area contributed by atoms with E-state index in [1.165, 1.54) is 0 Å². The summed E-state index contributed by atoms with van der Waals surface area (Å²) in [5, 5.41) is 1.35. The molecule has 0 aromatic heterocycles. The largest absolute Gasteiger partial charge is 0.449 e. The highest BCUT2D eigenvalue weighted by molar-refractivity contribution is 6.42. The molecule has 4 rings (SSSR count). The van der Waals surface area contributed by atoms with Crippen LogP contribution < -0.4 is 11.5 Å². The van der Waals surface area contributed by atoms with Gasteiger partial charge in [0.25, 0.3) is 0 Å². The Morgan fingerprint density at radius 2 is 0.932 bits per heavy atom. The van der Waals surface area contributed by atoms with Gasteiger partial charge in [-0.2, -0.15) is 0 Å². The van der Waals surface area contributed by atoms with E-state index in [0.717, 1.165) is 12.2 Å². The zero-order valence-electron chi connectivity index (χ0n) is 23.8. The molecule has 4 unspecified atom stereocenters. The molecule has 0 amide bonds. The van der Waals surface area contributed by atoms with Crippen LogP contribution in [0.3, 0.4) is 0 Å². The van der Waals surface area contributed by atoms with Gasteiger partial charge in [0, 0.05) is 12.2 Å². The minimum absolute atomic E-state index is 0.310. The lowest BCUT2D eigenvalue weighted by atomic mass is 9.84. The van der Waals surface area contributed by atoms with Crippen molar-refractivity contribution in [1.29, 1.82) is 0 Å². The maximum Gasteiger partial charge on any atom is 0.331 e. The maximum absolute atomic E-state index is 13.2. The third-order valence-corrected chi connectivity index (χ3v) is 8.95. The lowest BCUT2D eigenvalue weighted by Crippen LogP contribution is -2.40.